The SMILES string of the molecule is Cc1[nH]c2cc(N=C3C=CC(=Nc4ccccc4)C=C3)c3c(=O)c4ccccc4cc3c2cc1O. The number of pyridine rings is 1. The molecule has 0 saturated heterocycles. The molecule has 0 atom stereocenters. The van der Waals surface area contributed by atoms with Gasteiger partial charge in [0.2, 0.25) is 0 Å². The van der Waals surface area contributed by atoms with E-state index in [0.717, 1.165) is 38.8 Å². The fraction of sp³-hybridized carbons (Fsp3) is 0.0333. The Balaban J connectivity index is 1.55. The second-order valence-corrected chi connectivity index (χ2v) is 8.56. The number of aromatic hydroxyl groups is 1. The predicted molar refractivity (Wildman–Crippen MR) is 145 cm³/mol. The smallest absolute Gasteiger partial charge is 0.196 e. The van der Waals surface area contributed by atoms with Gasteiger partial charge in [-0.25, -0.2) is 9.98 Å². The number of aromatic nitrogens is 1. The van der Waals surface area contributed by atoms with Gasteiger partial charge in [-0.1, -0.05) is 42.5 Å². The summed E-state index contributed by atoms with van der Waals surface area (Å²) in [6.45, 7) is 1.81. The first-order chi connectivity index (χ1) is 17.1. The molecule has 6 rings (SSSR count). The summed E-state index contributed by atoms with van der Waals surface area (Å²) < 4.78 is 0. The monoisotopic (exact) mass is 455 g/mol. The van der Waals surface area contributed by atoms with E-state index in [0.29, 0.717) is 22.2 Å². The quantitative estimate of drug-likeness (QED) is 0.174. The molecule has 1 heterocycles. The van der Waals surface area contributed by atoms with Crippen LogP contribution >= 0.6 is 0 Å². The van der Waals surface area contributed by atoms with Crippen LogP contribution in [0, 0.1) is 6.92 Å². The van der Waals surface area contributed by atoms with Gasteiger partial charge in [0, 0.05) is 16.3 Å². The summed E-state index contributed by atoms with van der Waals surface area (Å²) in [6.07, 6.45) is 7.62. The van der Waals surface area contributed by atoms with Gasteiger partial charge >= 0.3 is 0 Å². The van der Waals surface area contributed by atoms with Crippen LogP contribution in [0.5, 0.6) is 5.75 Å². The number of hydrogen-bond acceptors (Lipinski definition) is 4. The van der Waals surface area contributed by atoms with Gasteiger partial charge in [0.05, 0.1) is 33.9 Å². The number of benzene rings is 4. The molecule has 0 spiro atoms. The van der Waals surface area contributed by atoms with Crippen LogP contribution in [0.1, 0.15) is 5.69 Å². The summed E-state index contributed by atoms with van der Waals surface area (Å²) in [5.74, 6) is 0.154. The van der Waals surface area contributed by atoms with E-state index in [1.165, 1.54) is 0 Å². The largest absolute Gasteiger partial charge is 0.506 e. The molecule has 0 unspecified atom stereocenters. The maximum atomic E-state index is 13.6. The van der Waals surface area contributed by atoms with Crippen molar-refractivity contribution in [3.8, 4) is 5.75 Å². The van der Waals surface area contributed by atoms with Crippen LogP contribution < -0.4 is 5.43 Å². The number of nitrogens with zero attached hydrogens (tertiary/aromatic N) is 2. The number of hydrogen-bond donors (Lipinski definition) is 2. The van der Waals surface area contributed by atoms with Gasteiger partial charge in [-0.05, 0) is 72.3 Å². The number of nitrogens with one attached hydrogen (secondary N) is 1. The molecule has 168 valence electrons. The Bertz CT molecular complexity index is 1810. The minimum atomic E-state index is -0.0745. The van der Waals surface area contributed by atoms with Crippen molar-refractivity contribution in [1.82, 2.24) is 4.98 Å². The van der Waals surface area contributed by atoms with Gasteiger partial charge < -0.3 is 10.1 Å². The fourth-order valence-corrected chi connectivity index (χ4v) is 4.46. The van der Waals surface area contributed by atoms with Crippen molar-refractivity contribution in [3.05, 3.63) is 113 Å². The van der Waals surface area contributed by atoms with Crippen molar-refractivity contribution in [2.24, 2.45) is 9.98 Å². The molecule has 35 heavy (non-hydrogen) atoms. The molecular formula is C30H21N3O2. The second-order valence-electron chi connectivity index (χ2n) is 8.56. The number of para-hydroxylation sites is 1. The number of aryl methyl sites for hydroxylation is 1. The van der Waals surface area contributed by atoms with Crippen molar-refractivity contribution in [2.45, 2.75) is 6.92 Å². The lowest BCUT2D eigenvalue weighted by Crippen LogP contribution is -2.04. The Labute approximate surface area is 201 Å². The number of H-pyrrole nitrogens is 1. The van der Waals surface area contributed by atoms with Gasteiger partial charge in [0.15, 0.2) is 5.43 Å². The molecule has 1 aliphatic rings. The average Bonchev–Trinajstić information content (AvgIpc) is 2.87. The number of aliphatic imine (C=N–C) groups is 2. The Morgan fingerprint density at radius 3 is 2.20 bits per heavy atom. The molecular weight excluding hydrogens is 434 g/mol. The number of fused-ring (bicyclic) bond motifs is 4. The summed E-state index contributed by atoms with van der Waals surface area (Å²) in [6, 6.07) is 22.9. The minimum Gasteiger partial charge on any atom is -0.506 e. The minimum absolute atomic E-state index is 0.0745. The molecule has 4 aromatic carbocycles. The third kappa shape index (κ3) is 3.73. The van der Waals surface area contributed by atoms with Crippen LogP contribution in [0.3, 0.4) is 0 Å². The molecule has 0 saturated carbocycles. The first kappa shape index (κ1) is 20.8. The zero-order chi connectivity index (χ0) is 23.9. The Morgan fingerprint density at radius 2 is 1.43 bits per heavy atom. The van der Waals surface area contributed by atoms with Crippen molar-refractivity contribution in [1.29, 1.82) is 0 Å². The highest BCUT2D eigenvalue weighted by Gasteiger charge is 2.15. The van der Waals surface area contributed by atoms with E-state index in [-0.39, 0.29) is 11.2 Å². The van der Waals surface area contributed by atoms with Crippen molar-refractivity contribution in [2.75, 3.05) is 0 Å². The van der Waals surface area contributed by atoms with Gasteiger partial charge in [0.25, 0.3) is 0 Å². The summed E-state index contributed by atoms with van der Waals surface area (Å²) >= 11 is 0. The summed E-state index contributed by atoms with van der Waals surface area (Å²) in [5, 5.41) is 13.9. The van der Waals surface area contributed by atoms with Crippen LogP contribution in [0.4, 0.5) is 11.4 Å². The topological polar surface area (TPSA) is 77.8 Å². The third-order valence-electron chi connectivity index (χ3n) is 6.22. The van der Waals surface area contributed by atoms with E-state index >= 15 is 0 Å². The molecule has 0 aliphatic heterocycles. The van der Waals surface area contributed by atoms with E-state index in [1.54, 1.807) is 6.07 Å². The zero-order valence-electron chi connectivity index (χ0n) is 19.0. The normalized spacial score (nSPS) is 13.2. The van der Waals surface area contributed by atoms with Gasteiger partial charge in [-0.2, -0.15) is 0 Å². The second kappa shape index (κ2) is 8.22. The van der Waals surface area contributed by atoms with E-state index in [9.17, 15) is 9.90 Å². The van der Waals surface area contributed by atoms with Gasteiger partial charge in [0.1, 0.15) is 5.75 Å². The van der Waals surface area contributed by atoms with E-state index in [1.807, 2.05) is 98.0 Å². The average molecular weight is 456 g/mol. The molecule has 1 aliphatic carbocycles. The first-order valence-corrected chi connectivity index (χ1v) is 11.4. The molecule has 2 N–H and O–H groups in total. The number of aromatic amines is 1. The molecule has 5 heteroatoms. The third-order valence-corrected chi connectivity index (χ3v) is 6.22. The predicted octanol–water partition coefficient (Wildman–Crippen LogP) is 6.82. The summed E-state index contributed by atoms with van der Waals surface area (Å²) in [4.78, 5) is 26.3. The zero-order valence-corrected chi connectivity index (χ0v) is 19.0. The van der Waals surface area contributed by atoms with Crippen LogP contribution in [-0.4, -0.2) is 21.5 Å². The molecule has 0 amide bonds. The van der Waals surface area contributed by atoms with Gasteiger partial charge in [-0.3, -0.25) is 4.79 Å². The van der Waals surface area contributed by atoms with Gasteiger partial charge in [-0.15, -0.1) is 0 Å². The Kier molecular flexibility index (Phi) is 4.89. The number of rotatable bonds is 2. The fourth-order valence-electron chi connectivity index (χ4n) is 4.46. The maximum absolute atomic E-state index is 13.6. The first-order valence-electron chi connectivity index (χ1n) is 11.4. The highest BCUT2D eigenvalue weighted by atomic mass is 16.3. The van der Waals surface area contributed by atoms with Crippen LogP contribution in [0.15, 0.2) is 112 Å². The van der Waals surface area contributed by atoms with E-state index in [4.69, 9.17) is 4.99 Å². The van der Waals surface area contributed by atoms with Crippen molar-refractivity contribution >= 4 is 55.2 Å². The number of allylic oxidation sites excluding steroid dienone is 4. The Hall–Kier alpha value is -4.77. The summed E-state index contributed by atoms with van der Waals surface area (Å²) in [7, 11) is 0. The highest BCUT2D eigenvalue weighted by Crippen LogP contribution is 2.35. The lowest BCUT2D eigenvalue weighted by molar-refractivity contribution is 0.469. The lowest BCUT2D eigenvalue weighted by Gasteiger charge is -2.12. The molecule has 0 fully saturated rings. The molecule has 5 nitrogen and oxygen atoms in total. The molecule has 0 bridgehead atoms. The Morgan fingerprint density at radius 1 is 0.743 bits per heavy atom. The van der Waals surface area contributed by atoms with Crippen molar-refractivity contribution < 1.29 is 5.11 Å². The lowest BCUT2D eigenvalue weighted by atomic mass is 9.97. The maximum Gasteiger partial charge on any atom is 0.196 e. The van der Waals surface area contributed by atoms with Crippen LogP contribution in [0.2, 0.25) is 0 Å². The molecule has 1 aromatic heterocycles. The van der Waals surface area contributed by atoms with E-state index in [2.05, 4.69) is 9.98 Å². The van der Waals surface area contributed by atoms with Crippen LogP contribution in [-0.2, 0) is 0 Å². The molecule has 0 radical (unpaired) electrons. The van der Waals surface area contributed by atoms with Crippen molar-refractivity contribution in [3.63, 3.8) is 0 Å². The standard InChI is InChI=1S/C30H21N3O2/c1-18-28(34)16-24-25-15-19-7-5-6-10-23(19)30(35)29(25)27(17-26(24)31-18)33-22-13-11-21(12-14-22)32-20-8-3-2-4-9-20/h2-17,31,34H,1H3. The molecule has 5 aromatic rings. The highest BCUT2D eigenvalue weighted by molar-refractivity contribution is 6.21. The van der Waals surface area contributed by atoms with E-state index < -0.39 is 0 Å². The van der Waals surface area contributed by atoms with Crippen LogP contribution in [0.25, 0.3) is 32.4 Å². The summed E-state index contributed by atoms with van der Waals surface area (Å²) in [5.41, 5.74) is 4.39.